The lowest BCUT2D eigenvalue weighted by Gasteiger charge is -2.20. The molecule has 0 unspecified atom stereocenters. The first-order valence-electron chi connectivity index (χ1n) is 21.2. The molecule has 0 amide bonds. The maximum absolute atomic E-state index is 12.5. The Kier molecular flexibility index (Phi) is 14.6. The van der Waals surface area contributed by atoms with E-state index in [1.54, 1.807) is 33.6 Å². The number of fused-ring (bicyclic) bond motifs is 2. The molecule has 0 saturated carbocycles. The van der Waals surface area contributed by atoms with E-state index in [2.05, 4.69) is 44.5 Å². The number of hydrogen-bond donors (Lipinski definition) is 0. The first kappa shape index (κ1) is 43.7. The summed E-state index contributed by atoms with van der Waals surface area (Å²) in [5.74, 6) is 2.44. The van der Waals surface area contributed by atoms with Gasteiger partial charge >= 0.3 is 0 Å². The smallest absolute Gasteiger partial charge is 0.193 e. The highest BCUT2D eigenvalue weighted by Crippen LogP contribution is 2.26. The predicted octanol–water partition coefficient (Wildman–Crippen LogP) is 6.17. The summed E-state index contributed by atoms with van der Waals surface area (Å²) in [5.41, 5.74) is 4.35. The van der Waals surface area contributed by atoms with Crippen molar-refractivity contribution in [1.82, 2.24) is 39.8 Å². The van der Waals surface area contributed by atoms with Gasteiger partial charge < -0.3 is 27.8 Å². The van der Waals surface area contributed by atoms with Crippen LogP contribution in [-0.4, -0.2) is 107 Å². The SMILES string of the molecule is CN(CCN(C)Cc1cn(CCOCCOc2ccc(-c3cc(=O)c4ccccc4o3)cc2)nn1)Cc1cn(CCOCCOc2ccc(-c3cc(=O)c4ccccc4o3)cc2)nn1. The average Bonchev–Trinajstić information content (AvgIpc) is 3.97. The van der Waals surface area contributed by atoms with Crippen LogP contribution in [0.2, 0.25) is 0 Å². The fourth-order valence-electron chi connectivity index (χ4n) is 6.97. The van der Waals surface area contributed by atoms with Gasteiger partial charge in [-0.15, -0.1) is 10.2 Å². The summed E-state index contributed by atoms with van der Waals surface area (Å²) in [6, 6.07) is 32.4. The maximum atomic E-state index is 12.5. The number of aromatic nitrogens is 6. The van der Waals surface area contributed by atoms with Gasteiger partial charge in [-0.25, -0.2) is 9.36 Å². The van der Waals surface area contributed by atoms with E-state index in [1.165, 1.54) is 12.1 Å². The van der Waals surface area contributed by atoms with E-state index in [1.807, 2.05) is 85.2 Å². The minimum Gasteiger partial charge on any atom is -0.491 e. The Bertz CT molecular complexity index is 2660. The highest BCUT2D eigenvalue weighted by molar-refractivity contribution is 5.79. The average molecular weight is 867 g/mol. The highest BCUT2D eigenvalue weighted by Gasteiger charge is 2.11. The zero-order valence-electron chi connectivity index (χ0n) is 35.9. The molecule has 8 aromatic rings. The molecule has 0 atom stereocenters. The lowest BCUT2D eigenvalue weighted by Crippen LogP contribution is -2.30. The fraction of sp³-hybridized carbons (Fsp3) is 0.292. The van der Waals surface area contributed by atoms with Crippen molar-refractivity contribution in [2.75, 3.05) is 66.8 Å². The molecule has 4 aromatic heterocycles. The van der Waals surface area contributed by atoms with Crippen LogP contribution in [-0.2, 0) is 35.7 Å². The van der Waals surface area contributed by atoms with Crippen LogP contribution < -0.4 is 20.3 Å². The second kappa shape index (κ2) is 21.4. The van der Waals surface area contributed by atoms with E-state index in [-0.39, 0.29) is 10.9 Å². The molecule has 8 rings (SSSR count). The van der Waals surface area contributed by atoms with Crippen molar-refractivity contribution in [3.63, 3.8) is 0 Å². The van der Waals surface area contributed by atoms with Crippen molar-refractivity contribution in [3.8, 4) is 34.1 Å². The maximum Gasteiger partial charge on any atom is 0.193 e. The quantitative estimate of drug-likeness (QED) is 0.0670. The Balaban J connectivity index is 0.653. The Hall–Kier alpha value is -6.98. The molecular weight excluding hydrogens is 817 g/mol. The van der Waals surface area contributed by atoms with Crippen LogP contribution in [0.4, 0.5) is 0 Å². The van der Waals surface area contributed by atoms with Gasteiger partial charge in [-0.05, 0) is 86.9 Å². The van der Waals surface area contributed by atoms with Crippen molar-refractivity contribution < 1.29 is 27.8 Å². The van der Waals surface area contributed by atoms with Gasteiger partial charge in [0.25, 0.3) is 0 Å². The third-order valence-corrected chi connectivity index (χ3v) is 10.4. The molecule has 16 nitrogen and oxygen atoms in total. The number of likely N-dealkylation sites (N-methyl/N-ethyl adjacent to an activating group) is 2. The number of para-hydroxylation sites is 2. The molecule has 0 aliphatic heterocycles. The predicted molar refractivity (Wildman–Crippen MR) is 241 cm³/mol. The van der Waals surface area contributed by atoms with E-state index < -0.39 is 0 Å². The van der Waals surface area contributed by atoms with Crippen molar-refractivity contribution in [2.24, 2.45) is 0 Å². The molecule has 0 aliphatic carbocycles. The van der Waals surface area contributed by atoms with Gasteiger partial charge in [0.15, 0.2) is 10.9 Å². The van der Waals surface area contributed by atoms with Crippen LogP contribution in [0, 0.1) is 0 Å². The van der Waals surface area contributed by atoms with E-state index in [0.717, 1.165) is 35.6 Å². The van der Waals surface area contributed by atoms with Crippen LogP contribution in [0.1, 0.15) is 11.4 Å². The zero-order chi connectivity index (χ0) is 44.1. The molecule has 0 saturated heterocycles. The van der Waals surface area contributed by atoms with Gasteiger partial charge in [0.1, 0.15) is 47.4 Å². The second-order valence-corrected chi connectivity index (χ2v) is 15.3. The van der Waals surface area contributed by atoms with Crippen LogP contribution >= 0.6 is 0 Å². The molecule has 64 heavy (non-hydrogen) atoms. The normalized spacial score (nSPS) is 11.6. The summed E-state index contributed by atoms with van der Waals surface area (Å²) < 4.78 is 38.7. The summed E-state index contributed by atoms with van der Waals surface area (Å²) >= 11 is 0. The van der Waals surface area contributed by atoms with Crippen molar-refractivity contribution in [3.05, 3.63) is 153 Å². The topological polar surface area (TPSA) is 165 Å². The molecule has 0 fully saturated rings. The highest BCUT2D eigenvalue weighted by atomic mass is 16.5. The number of ether oxygens (including phenoxy) is 4. The Morgan fingerprint density at radius 2 is 0.953 bits per heavy atom. The molecule has 4 heterocycles. The lowest BCUT2D eigenvalue weighted by atomic mass is 10.1. The summed E-state index contributed by atoms with van der Waals surface area (Å²) in [7, 11) is 4.13. The summed E-state index contributed by atoms with van der Waals surface area (Å²) in [5, 5.41) is 18.3. The summed E-state index contributed by atoms with van der Waals surface area (Å²) in [6.45, 7) is 6.81. The van der Waals surface area contributed by atoms with Crippen LogP contribution in [0.3, 0.4) is 0 Å². The summed E-state index contributed by atoms with van der Waals surface area (Å²) in [4.78, 5) is 29.4. The van der Waals surface area contributed by atoms with Gasteiger partial charge in [0.2, 0.25) is 0 Å². The number of benzene rings is 4. The molecule has 0 spiro atoms. The van der Waals surface area contributed by atoms with Gasteiger partial charge in [0.05, 0.1) is 61.7 Å². The monoisotopic (exact) mass is 866 g/mol. The number of nitrogens with zero attached hydrogens (tertiary/aromatic N) is 8. The molecule has 0 aliphatic rings. The van der Waals surface area contributed by atoms with Crippen molar-refractivity contribution in [2.45, 2.75) is 26.2 Å². The van der Waals surface area contributed by atoms with Gasteiger partial charge in [-0.3, -0.25) is 19.4 Å². The molecule has 0 bridgehead atoms. The first-order chi connectivity index (χ1) is 31.3. The molecule has 0 N–H and O–H groups in total. The van der Waals surface area contributed by atoms with Gasteiger partial charge in [-0.2, -0.15) is 0 Å². The largest absolute Gasteiger partial charge is 0.491 e. The summed E-state index contributed by atoms with van der Waals surface area (Å²) in [6.07, 6.45) is 3.90. The van der Waals surface area contributed by atoms with Crippen LogP contribution in [0.25, 0.3) is 44.6 Å². The second-order valence-electron chi connectivity index (χ2n) is 15.3. The third kappa shape index (κ3) is 11.9. The standard InChI is InChI=1S/C48H50N8O8/c1-53(31-37-33-55(51-49-37)21-23-59-25-27-61-39-15-11-35(12-16-39)47-29-43(57)41-7-3-5-9-45(41)63-47)19-20-54(2)32-38-34-56(52-50-38)22-24-60-26-28-62-40-17-13-36(14-18-40)48-30-44(58)42-8-4-6-10-46(42)64-48/h3-18,29-30,33-34H,19-28,31-32H2,1-2H3. The van der Waals surface area contributed by atoms with Crippen LogP contribution in [0.5, 0.6) is 11.5 Å². The van der Waals surface area contributed by atoms with E-state index in [9.17, 15) is 9.59 Å². The van der Waals surface area contributed by atoms with Crippen LogP contribution in [0.15, 0.2) is 140 Å². The van der Waals surface area contributed by atoms with Crippen molar-refractivity contribution in [1.29, 1.82) is 0 Å². The van der Waals surface area contributed by atoms with E-state index in [4.69, 9.17) is 27.8 Å². The number of hydrogen-bond acceptors (Lipinski definition) is 14. The molecule has 16 heteroatoms. The Morgan fingerprint density at radius 1 is 0.531 bits per heavy atom. The minimum atomic E-state index is -0.0717. The van der Waals surface area contributed by atoms with Gasteiger partial charge in [0, 0.05) is 61.8 Å². The zero-order valence-corrected chi connectivity index (χ0v) is 35.9. The molecule has 330 valence electrons. The van der Waals surface area contributed by atoms with Crippen molar-refractivity contribution >= 4 is 21.9 Å². The first-order valence-corrected chi connectivity index (χ1v) is 21.2. The molecule has 4 aromatic carbocycles. The van der Waals surface area contributed by atoms with Gasteiger partial charge in [-0.1, -0.05) is 34.7 Å². The van der Waals surface area contributed by atoms with E-state index in [0.29, 0.717) is 111 Å². The fourth-order valence-corrected chi connectivity index (χ4v) is 6.97. The Labute approximate surface area is 369 Å². The minimum absolute atomic E-state index is 0.0717. The van der Waals surface area contributed by atoms with E-state index >= 15 is 0 Å². The molecular formula is C48H50N8O8. The third-order valence-electron chi connectivity index (χ3n) is 10.4. The lowest BCUT2D eigenvalue weighted by molar-refractivity contribution is 0.0923. The molecule has 0 radical (unpaired) electrons. The Morgan fingerprint density at radius 3 is 1.39 bits per heavy atom. The number of rotatable bonds is 23.